The third-order valence-electron chi connectivity index (χ3n) is 4.53. The molecule has 1 atom stereocenters. The fourth-order valence-electron chi connectivity index (χ4n) is 3.00. The van der Waals surface area contributed by atoms with Gasteiger partial charge in [-0.05, 0) is 12.1 Å². The quantitative estimate of drug-likeness (QED) is 0.723. The first-order valence-electron chi connectivity index (χ1n) is 8.25. The highest BCUT2D eigenvalue weighted by Gasteiger charge is 2.40. The van der Waals surface area contributed by atoms with E-state index >= 15 is 0 Å². The minimum absolute atomic E-state index is 0.0156. The number of rotatable bonds is 6. The molecule has 0 aromatic heterocycles. The van der Waals surface area contributed by atoms with Crippen molar-refractivity contribution in [3.05, 3.63) is 34.6 Å². The van der Waals surface area contributed by atoms with E-state index in [4.69, 9.17) is 22.8 Å². The van der Waals surface area contributed by atoms with E-state index in [9.17, 15) is 9.18 Å². The van der Waals surface area contributed by atoms with Crippen molar-refractivity contribution in [3.63, 3.8) is 0 Å². The lowest BCUT2D eigenvalue weighted by Crippen LogP contribution is -2.42. The molecule has 2 heterocycles. The van der Waals surface area contributed by atoms with Crippen LogP contribution in [0.5, 0.6) is 0 Å². The third kappa shape index (κ3) is 4.17. The molecule has 0 radical (unpaired) electrons. The fourth-order valence-corrected chi connectivity index (χ4v) is 3.29. The first kappa shape index (κ1) is 17.8. The van der Waals surface area contributed by atoms with Gasteiger partial charge < -0.3 is 9.64 Å². The largest absolute Gasteiger partial charge is 0.370 e. The molecule has 1 saturated heterocycles. The van der Waals surface area contributed by atoms with Gasteiger partial charge in [-0.2, -0.15) is 10.2 Å². The maximum atomic E-state index is 14.1. The monoisotopic (exact) mass is 363 g/mol. The van der Waals surface area contributed by atoms with Gasteiger partial charge in [0.15, 0.2) is 5.66 Å². The van der Waals surface area contributed by atoms with Crippen LogP contribution in [0.2, 0.25) is 5.02 Å². The van der Waals surface area contributed by atoms with Crippen LogP contribution in [0.3, 0.4) is 0 Å². The van der Waals surface area contributed by atoms with E-state index in [1.165, 1.54) is 6.07 Å². The number of terminal acetylenes is 1. The first-order chi connectivity index (χ1) is 12.0. The third-order valence-corrected chi connectivity index (χ3v) is 4.86. The standard InChI is InChI=1S/C18H19ClFN3O2/c1-2-3-8-18(21-22-18)9-7-16(24)23-10-11-25-15(12-23)17-13(19)5-4-6-14(17)20/h1,4-6,15H,3,7-12H2/t15-/m0/s1. The summed E-state index contributed by atoms with van der Waals surface area (Å²) in [5, 5.41) is 8.39. The smallest absolute Gasteiger partial charge is 0.222 e. The van der Waals surface area contributed by atoms with Gasteiger partial charge in [0.05, 0.1) is 13.2 Å². The molecule has 1 fully saturated rings. The summed E-state index contributed by atoms with van der Waals surface area (Å²) in [5.74, 6) is 2.13. The molecule has 0 aliphatic carbocycles. The van der Waals surface area contributed by atoms with E-state index in [2.05, 4.69) is 16.1 Å². The maximum absolute atomic E-state index is 14.1. The summed E-state index contributed by atoms with van der Waals surface area (Å²) in [6, 6.07) is 4.51. The molecule has 0 spiro atoms. The van der Waals surface area contributed by atoms with Gasteiger partial charge >= 0.3 is 0 Å². The van der Waals surface area contributed by atoms with E-state index in [1.54, 1.807) is 17.0 Å². The molecule has 132 valence electrons. The van der Waals surface area contributed by atoms with Gasteiger partial charge in [-0.3, -0.25) is 4.79 Å². The molecule has 0 bridgehead atoms. The van der Waals surface area contributed by atoms with Crippen LogP contribution in [0.1, 0.15) is 37.4 Å². The van der Waals surface area contributed by atoms with Crippen molar-refractivity contribution in [1.82, 2.24) is 4.90 Å². The SMILES string of the molecule is C#CCCC1(CCC(=O)N2CCO[C@H](c3c(F)cccc3Cl)C2)N=N1. The summed E-state index contributed by atoms with van der Waals surface area (Å²) >= 11 is 6.10. The van der Waals surface area contributed by atoms with Crippen LogP contribution in [0, 0.1) is 18.2 Å². The summed E-state index contributed by atoms with van der Waals surface area (Å²) in [6.07, 6.45) is 6.85. The molecule has 0 unspecified atom stereocenters. The van der Waals surface area contributed by atoms with Gasteiger partial charge in [0, 0.05) is 42.8 Å². The second-order valence-corrected chi connectivity index (χ2v) is 6.63. The number of nitrogens with zero attached hydrogens (tertiary/aromatic N) is 3. The summed E-state index contributed by atoms with van der Waals surface area (Å²) < 4.78 is 19.7. The van der Waals surface area contributed by atoms with Crippen LogP contribution in [-0.2, 0) is 9.53 Å². The Morgan fingerprint density at radius 3 is 2.96 bits per heavy atom. The Bertz CT molecular complexity index is 705. The van der Waals surface area contributed by atoms with Crippen LogP contribution in [0.25, 0.3) is 0 Å². The molecule has 1 amide bonds. The minimum Gasteiger partial charge on any atom is -0.370 e. The Kier molecular flexibility index (Phi) is 5.36. The number of halogens is 2. The van der Waals surface area contributed by atoms with Crippen LogP contribution >= 0.6 is 11.6 Å². The summed E-state index contributed by atoms with van der Waals surface area (Å²) in [4.78, 5) is 14.2. The van der Waals surface area contributed by atoms with E-state index in [-0.39, 0.29) is 12.5 Å². The zero-order valence-corrected chi connectivity index (χ0v) is 14.5. The van der Waals surface area contributed by atoms with Crippen molar-refractivity contribution in [1.29, 1.82) is 0 Å². The number of benzene rings is 1. The van der Waals surface area contributed by atoms with Crippen LogP contribution in [0.15, 0.2) is 28.4 Å². The van der Waals surface area contributed by atoms with Gasteiger partial charge in [0.1, 0.15) is 11.9 Å². The summed E-state index contributed by atoms with van der Waals surface area (Å²) in [6.45, 7) is 1.11. The molecule has 5 nitrogen and oxygen atoms in total. The summed E-state index contributed by atoms with van der Waals surface area (Å²) in [5.41, 5.74) is -0.165. The van der Waals surface area contributed by atoms with E-state index in [0.29, 0.717) is 49.4 Å². The fraction of sp³-hybridized carbons (Fsp3) is 0.500. The van der Waals surface area contributed by atoms with Gasteiger partial charge in [-0.15, -0.1) is 12.3 Å². The highest BCUT2D eigenvalue weighted by molar-refractivity contribution is 6.31. The number of hydrogen-bond acceptors (Lipinski definition) is 4. The second kappa shape index (κ2) is 7.51. The maximum Gasteiger partial charge on any atom is 0.222 e. The Balaban J connectivity index is 1.58. The highest BCUT2D eigenvalue weighted by Crippen LogP contribution is 2.38. The van der Waals surface area contributed by atoms with Gasteiger partial charge in [0.2, 0.25) is 5.91 Å². The molecule has 7 heteroatoms. The van der Waals surface area contributed by atoms with Crippen LogP contribution in [0.4, 0.5) is 4.39 Å². The average Bonchev–Trinajstić information content (AvgIpc) is 3.38. The molecule has 1 aromatic rings. The molecule has 0 saturated carbocycles. The molecule has 1 aromatic carbocycles. The average molecular weight is 364 g/mol. The van der Waals surface area contributed by atoms with Crippen molar-refractivity contribution < 1.29 is 13.9 Å². The van der Waals surface area contributed by atoms with Gasteiger partial charge in [-0.25, -0.2) is 4.39 Å². The number of amides is 1. The number of morpholine rings is 1. The minimum atomic E-state index is -0.558. The van der Waals surface area contributed by atoms with Gasteiger partial charge in [-0.1, -0.05) is 17.7 Å². The van der Waals surface area contributed by atoms with Crippen LogP contribution in [-0.4, -0.2) is 36.2 Å². The lowest BCUT2D eigenvalue weighted by atomic mass is 10.0. The van der Waals surface area contributed by atoms with Crippen molar-refractivity contribution in [3.8, 4) is 12.3 Å². The Labute approximate surface area is 151 Å². The highest BCUT2D eigenvalue weighted by atomic mass is 35.5. The molecule has 2 aliphatic rings. The van der Waals surface area contributed by atoms with Crippen molar-refractivity contribution >= 4 is 17.5 Å². The zero-order valence-electron chi connectivity index (χ0n) is 13.8. The molecular formula is C18H19ClFN3O2. The molecule has 25 heavy (non-hydrogen) atoms. The van der Waals surface area contributed by atoms with Crippen molar-refractivity contribution in [2.24, 2.45) is 10.2 Å². The Morgan fingerprint density at radius 1 is 1.48 bits per heavy atom. The second-order valence-electron chi connectivity index (χ2n) is 6.22. The van der Waals surface area contributed by atoms with Gasteiger partial charge in [0.25, 0.3) is 0 Å². The van der Waals surface area contributed by atoms with Crippen molar-refractivity contribution in [2.75, 3.05) is 19.7 Å². The van der Waals surface area contributed by atoms with E-state index in [0.717, 1.165) is 0 Å². The summed E-state index contributed by atoms with van der Waals surface area (Å²) in [7, 11) is 0. The molecular weight excluding hydrogens is 345 g/mol. The zero-order chi connectivity index (χ0) is 17.9. The molecule has 2 aliphatic heterocycles. The Hall–Kier alpha value is -1.97. The number of carbonyl (C=O) groups excluding carboxylic acids is 1. The number of carbonyl (C=O) groups is 1. The lowest BCUT2D eigenvalue weighted by Gasteiger charge is -2.34. The van der Waals surface area contributed by atoms with Crippen molar-refractivity contribution in [2.45, 2.75) is 37.5 Å². The first-order valence-corrected chi connectivity index (χ1v) is 8.63. The number of hydrogen-bond donors (Lipinski definition) is 0. The number of ether oxygens (including phenoxy) is 1. The van der Waals surface area contributed by atoms with E-state index in [1.807, 2.05) is 0 Å². The molecule has 0 N–H and O–H groups in total. The predicted octanol–water partition coefficient (Wildman–Crippen LogP) is 3.73. The lowest BCUT2D eigenvalue weighted by molar-refractivity contribution is -0.139. The Morgan fingerprint density at radius 2 is 2.28 bits per heavy atom. The normalized spacial score (nSPS) is 21.0. The van der Waals surface area contributed by atoms with E-state index < -0.39 is 17.6 Å². The predicted molar refractivity (Wildman–Crippen MR) is 91.6 cm³/mol. The topological polar surface area (TPSA) is 54.3 Å². The van der Waals surface area contributed by atoms with Crippen LogP contribution < -0.4 is 0 Å². The molecule has 3 rings (SSSR count).